The van der Waals surface area contributed by atoms with Crippen LogP contribution in [0, 0.1) is 0 Å². The molecule has 0 radical (unpaired) electrons. The molecule has 0 spiro atoms. The fourth-order valence-corrected chi connectivity index (χ4v) is 3.12. The number of aromatic nitrogens is 1. The Labute approximate surface area is 147 Å². The van der Waals surface area contributed by atoms with Gasteiger partial charge in [-0.25, -0.2) is 0 Å². The highest BCUT2D eigenvalue weighted by Gasteiger charge is 2.28. The Morgan fingerprint density at radius 3 is 2.84 bits per heavy atom. The topological polar surface area (TPSA) is 66.4 Å². The summed E-state index contributed by atoms with van der Waals surface area (Å²) < 4.78 is 1.82. The predicted octanol–water partition coefficient (Wildman–Crippen LogP) is 1.63. The van der Waals surface area contributed by atoms with Gasteiger partial charge in [-0.1, -0.05) is 18.2 Å². The van der Waals surface area contributed by atoms with Crippen molar-refractivity contribution in [2.45, 2.75) is 25.9 Å². The van der Waals surface area contributed by atoms with Crippen LogP contribution in [0.25, 0.3) is 0 Å². The lowest BCUT2D eigenvalue weighted by molar-refractivity contribution is -0.123. The average Bonchev–Trinajstić information content (AvgIpc) is 3.11. The van der Waals surface area contributed by atoms with Gasteiger partial charge in [-0.3, -0.25) is 9.59 Å². The molecule has 0 saturated carbocycles. The van der Waals surface area contributed by atoms with E-state index >= 15 is 0 Å². The van der Waals surface area contributed by atoms with E-state index in [1.165, 1.54) is 5.69 Å². The van der Waals surface area contributed by atoms with Gasteiger partial charge >= 0.3 is 0 Å². The molecule has 1 aliphatic heterocycles. The third kappa shape index (κ3) is 4.02. The van der Waals surface area contributed by atoms with Gasteiger partial charge in [-0.05, 0) is 37.6 Å². The fraction of sp³-hybridized carbons (Fsp3) is 0.368. The number of carbonyl (C=O) groups is 2. The first-order chi connectivity index (χ1) is 12.2. The zero-order valence-electron chi connectivity index (χ0n) is 14.4. The lowest BCUT2D eigenvalue weighted by Gasteiger charge is -2.25. The summed E-state index contributed by atoms with van der Waals surface area (Å²) in [4.78, 5) is 26.5. The molecule has 0 fully saturated rings. The molecule has 0 aliphatic carbocycles. The van der Waals surface area contributed by atoms with E-state index in [0.29, 0.717) is 18.8 Å². The maximum atomic E-state index is 12.3. The molecule has 1 aromatic heterocycles. The van der Waals surface area contributed by atoms with Gasteiger partial charge in [0.15, 0.2) is 0 Å². The molecule has 132 valence electrons. The van der Waals surface area contributed by atoms with Crippen LogP contribution in [-0.2, 0) is 11.3 Å². The molecule has 1 aliphatic rings. The van der Waals surface area contributed by atoms with Crippen molar-refractivity contribution >= 4 is 17.5 Å². The molecule has 6 heteroatoms. The van der Waals surface area contributed by atoms with Gasteiger partial charge in [0.2, 0.25) is 5.91 Å². The van der Waals surface area contributed by atoms with Crippen LogP contribution in [0.15, 0.2) is 48.7 Å². The number of nitrogens with one attached hydrogen (secondary N) is 2. The van der Waals surface area contributed by atoms with E-state index in [-0.39, 0.29) is 11.8 Å². The van der Waals surface area contributed by atoms with E-state index in [4.69, 9.17) is 0 Å². The van der Waals surface area contributed by atoms with Crippen molar-refractivity contribution in [3.05, 3.63) is 54.4 Å². The van der Waals surface area contributed by atoms with Crippen LogP contribution in [-0.4, -0.2) is 42.1 Å². The first-order valence-corrected chi connectivity index (χ1v) is 8.72. The van der Waals surface area contributed by atoms with Crippen LogP contribution in [0.3, 0.4) is 0 Å². The predicted molar refractivity (Wildman–Crippen MR) is 97.6 cm³/mol. The number of para-hydroxylation sites is 1. The number of fused-ring (bicyclic) bond motifs is 1. The normalized spacial score (nSPS) is 16.0. The van der Waals surface area contributed by atoms with Gasteiger partial charge in [0, 0.05) is 31.5 Å². The molecule has 0 saturated heterocycles. The number of hydrogen-bond acceptors (Lipinski definition) is 3. The molecule has 2 heterocycles. The molecular weight excluding hydrogens is 316 g/mol. The maximum Gasteiger partial charge on any atom is 0.268 e. The molecule has 1 aromatic carbocycles. The number of amides is 2. The second-order valence-corrected chi connectivity index (χ2v) is 6.13. The number of nitrogens with zero attached hydrogens (tertiary/aromatic N) is 2. The van der Waals surface area contributed by atoms with E-state index in [2.05, 4.69) is 34.6 Å². The second-order valence-electron chi connectivity index (χ2n) is 6.13. The summed E-state index contributed by atoms with van der Waals surface area (Å²) in [5.74, 6) is -0.326. The molecule has 25 heavy (non-hydrogen) atoms. The number of benzene rings is 1. The van der Waals surface area contributed by atoms with E-state index in [9.17, 15) is 9.59 Å². The molecule has 1 unspecified atom stereocenters. The number of anilines is 1. The second kappa shape index (κ2) is 7.88. The van der Waals surface area contributed by atoms with Crippen molar-refractivity contribution in [1.29, 1.82) is 0 Å². The summed E-state index contributed by atoms with van der Waals surface area (Å²) >= 11 is 0. The highest BCUT2D eigenvalue weighted by Crippen LogP contribution is 2.13. The molecule has 3 rings (SSSR count). The van der Waals surface area contributed by atoms with Crippen LogP contribution in [0.1, 0.15) is 23.8 Å². The summed E-state index contributed by atoms with van der Waals surface area (Å²) in [7, 11) is 0. The number of rotatable bonds is 7. The smallest absolute Gasteiger partial charge is 0.268 e. The average molecular weight is 340 g/mol. The molecule has 1 atom stereocenters. The third-order valence-corrected chi connectivity index (χ3v) is 4.47. The Kier molecular flexibility index (Phi) is 5.38. The lowest BCUT2D eigenvalue weighted by Crippen LogP contribution is -2.52. The minimum absolute atomic E-state index is 0.129. The molecule has 2 aromatic rings. The maximum absolute atomic E-state index is 12.3. The van der Waals surface area contributed by atoms with Crippen molar-refractivity contribution in [2.75, 3.05) is 24.5 Å². The summed E-state index contributed by atoms with van der Waals surface area (Å²) in [6.45, 7) is 4.99. The Bertz CT molecular complexity index is 726. The zero-order chi connectivity index (χ0) is 17.6. The van der Waals surface area contributed by atoms with Gasteiger partial charge in [0.1, 0.15) is 11.7 Å². The first kappa shape index (κ1) is 17.1. The largest absolute Gasteiger partial charge is 0.372 e. The minimum atomic E-state index is -0.510. The van der Waals surface area contributed by atoms with Gasteiger partial charge in [-0.15, -0.1) is 0 Å². The minimum Gasteiger partial charge on any atom is -0.372 e. The summed E-state index contributed by atoms with van der Waals surface area (Å²) in [6.07, 6.45) is 2.68. The summed E-state index contributed by atoms with van der Waals surface area (Å²) in [5, 5.41) is 5.70. The van der Waals surface area contributed by atoms with Gasteiger partial charge in [-0.2, -0.15) is 0 Å². The standard InChI is InChI=1S/C19H24N4O2/c1-2-22(15-8-4-3-5-9-15)13-7-11-20-18(24)16-14-23-12-6-10-17(23)19(25)21-16/h3-6,8-10,12,16H,2,7,11,13-14H2,1H3,(H,20,24)(H,21,25). The highest BCUT2D eigenvalue weighted by molar-refractivity contribution is 5.97. The van der Waals surface area contributed by atoms with E-state index < -0.39 is 6.04 Å². The van der Waals surface area contributed by atoms with E-state index in [1.54, 1.807) is 6.07 Å². The molecule has 6 nitrogen and oxygen atoms in total. The molecule has 2 N–H and O–H groups in total. The van der Waals surface area contributed by atoms with Crippen molar-refractivity contribution in [2.24, 2.45) is 0 Å². The first-order valence-electron chi connectivity index (χ1n) is 8.72. The van der Waals surface area contributed by atoms with Gasteiger partial charge in [0.25, 0.3) is 5.91 Å². The van der Waals surface area contributed by atoms with E-state index in [1.807, 2.05) is 35.0 Å². The van der Waals surface area contributed by atoms with Crippen molar-refractivity contribution in [1.82, 2.24) is 15.2 Å². The van der Waals surface area contributed by atoms with Crippen molar-refractivity contribution in [3.63, 3.8) is 0 Å². The van der Waals surface area contributed by atoms with Gasteiger partial charge in [0.05, 0.1) is 6.54 Å². The number of hydrogen-bond donors (Lipinski definition) is 2. The number of carbonyl (C=O) groups excluding carboxylic acids is 2. The SMILES string of the molecule is CCN(CCCNC(=O)C1Cn2cccc2C(=O)N1)c1ccccc1. The molecular formula is C19H24N4O2. The van der Waals surface area contributed by atoms with Crippen LogP contribution < -0.4 is 15.5 Å². The lowest BCUT2D eigenvalue weighted by atomic mass is 10.2. The van der Waals surface area contributed by atoms with Crippen LogP contribution in [0.5, 0.6) is 0 Å². The van der Waals surface area contributed by atoms with Crippen molar-refractivity contribution in [3.8, 4) is 0 Å². The zero-order valence-corrected chi connectivity index (χ0v) is 14.4. The van der Waals surface area contributed by atoms with Crippen LogP contribution >= 0.6 is 0 Å². The Morgan fingerprint density at radius 2 is 2.08 bits per heavy atom. The summed E-state index contributed by atoms with van der Waals surface area (Å²) in [5.41, 5.74) is 1.79. The van der Waals surface area contributed by atoms with E-state index in [0.717, 1.165) is 19.5 Å². The van der Waals surface area contributed by atoms with Crippen molar-refractivity contribution < 1.29 is 9.59 Å². The molecule has 0 bridgehead atoms. The Balaban J connectivity index is 1.45. The monoisotopic (exact) mass is 340 g/mol. The fourth-order valence-electron chi connectivity index (χ4n) is 3.12. The Morgan fingerprint density at radius 1 is 1.28 bits per heavy atom. The Hall–Kier alpha value is -2.76. The quantitative estimate of drug-likeness (QED) is 0.753. The van der Waals surface area contributed by atoms with Crippen LogP contribution in [0.2, 0.25) is 0 Å². The molecule has 2 amide bonds. The van der Waals surface area contributed by atoms with Gasteiger partial charge < -0.3 is 20.1 Å². The van der Waals surface area contributed by atoms with Crippen LogP contribution in [0.4, 0.5) is 5.69 Å². The third-order valence-electron chi connectivity index (χ3n) is 4.47. The summed E-state index contributed by atoms with van der Waals surface area (Å²) in [6, 6.07) is 13.3. The highest BCUT2D eigenvalue weighted by atomic mass is 16.2.